The summed E-state index contributed by atoms with van der Waals surface area (Å²) in [5, 5.41) is 0. The Hall–Kier alpha value is -3.28. The van der Waals surface area contributed by atoms with Gasteiger partial charge in [0.25, 0.3) is 0 Å². The van der Waals surface area contributed by atoms with Crippen LogP contribution in [0.4, 0.5) is 8.78 Å². The Labute approximate surface area is 160 Å². The molecule has 1 aliphatic rings. The third kappa shape index (κ3) is 3.11. The van der Waals surface area contributed by atoms with Crippen LogP contribution in [-0.2, 0) is 6.54 Å². The molecule has 0 amide bonds. The van der Waals surface area contributed by atoms with E-state index in [9.17, 15) is 8.78 Å². The first kappa shape index (κ1) is 16.9. The van der Waals surface area contributed by atoms with Crippen LogP contribution in [0, 0.1) is 17.6 Å². The monoisotopic (exact) mass is 376 g/mol. The van der Waals surface area contributed by atoms with Gasteiger partial charge in [-0.2, -0.15) is 0 Å². The summed E-state index contributed by atoms with van der Waals surface area (Å²) in [5.74, 6) is -0.431. The summed E-state index contributed by atoms with van der Waals surface area (Å²) in [6.07, 6.45) is 6.26. The molecule has 1 aliphatic carbocycles. The van der Waals surface area contributed by atoms with Crippen molar-refractivity contribution >= 4 is 0 Å². The lowest BCUT2D eigenvalue weighted by atomic mass is 10.1. The molecular weight excluding hydrogens is 358 g/mol. The number of aromatic nitrogens is 4. The van der Waals surface area contributed by atoms with Crippen molar-refractivity contribution in [2.75, 3.05) is 0 Å². The Kier molecular flexibility index (Phi) is 4.04. The van der Waals surface area contributed by atoms with Gasteiger partial charge in [-0.3, -0.25) is 0 Å². The van der Waals surface area contributed by atoms with Gasteiger partial charge in [0.15, 0.2) is 0 Å². The topological polar surface area (TPSA) is 46.5 Å². The highest BCUT2D eigenvalue weighted by molar-refractivity contribution is 5.79. The number of halogens is 2. The smallest absolute Gasteiger partial charge is 0.144 e. The Morgan fingerprint density at radius 2 is 1.75 bits per heavy atom. The van der Waals surface area contributed by atoms with E-state index in [0.717, 1.165) is 18.0 Å². The summed E-state index contributed by atoms with van der Waals surface area (Å²) in [6.45, 7) is 0.941. The summed E-state index contributed by atoms with van der Waals surface area (Å²) in [6, 6.07) is 13.4. The maximum absolute atomic E-state index is 14.3. The van der Waals surface area contributed by atoms with Gasteiger partial charge in [-0.15, -0.1) is 0 Å². The van der Waals surface area contributed by atoms with Crippen molar-refractivity contribution in [2.24, 2.45) is 5.92 Å². The summed E-state index contributed by atoms with van der Waals surface area (Å²) >= 11 is 0. The van der Waals surface area contributed by atoms with Crippen molar-refractivity contribution < 1.29 is 8.78 Å². The van der Waals surface area contributed by atoms with Gasteiger partial charge in [-0.05, 0) is 30.9 Å². The van der Waals surface area contributed by atoms with E-state index in [1.165, 1.54) is 31.0 Å². The Balaban J connectivity index is 1.64. The largest absolute Gasteiger partial charge is 0.336 e. The van der Waals surface area contributed by atoms with Crippen LogP contribution in [0.5, 0.6) is 0 Å². The van der Waals surface area contributed by atoms with Gasteiger partial charge in [0.05, 0.1) is 23.3 Å². The minimum absolute atomic E-state index is 0.154. The molecule has 1 saturated carbocycles. The van der Waals surface area contributed by atoms with E-state index in [-0.39, 0.29) is 11.4 Å². The molecule has 0 bridgehead atoms. The first-order valence-electron chi connectivity index (χ1n) is 9.31. The van der Waals surface area contributed by atoms with E-state index < -0.39 is 11.6 Å². The van der Waals surface area contributed by atoms with E-state index in [1.54, 1.807) is 6.33 Å². The number of benzene rings is 2. The minimum atomic E-state index is -0.654. The lowest BCUT2D eigenvalue weighted by molar-refractivity contribution is 0.588. The molecular formula is C22H18F2N4. The summed E-state index contributed by atoms with van der Waals surface area (Å²) < 4.78 is 30.7. The molecule has 0 spiro atoms. The normalized spacial score (nSPS) is 13.8. The Morgan fingerprint density at radius 1 is 1.00 bits per heavy atom. The number of nitrogens with one attached hydrogen (secondary N) is 1. The van der Waals surface area contributed by atoms with Gasteiger partial charge in [0.2, 0.25) is 0 Å². The highest BCUT2D eigenvalue weighted by Crippen LogP contribution is 2.35. The first-order chi connectivity index (χ1) is 13.7. The average molecular weight is 376 g/mol. The molecule has 0 unspecified atom stereocenters. The molecule has 140 valence electrons. The summed E-state index contributed by atoms with van der Waals surface area (Å²) in [7, 11) is 0. The van der Waals surface area contributed by atoms with Crippen LogP contribution in [-0.4, -0.2) is 19.5 Å². The average Bonchev–Trinajstić information content (AvgIpc) is 3.22. The van der Waals surface area contributed by atoms with Crippen LogP contribution in [0.25, 0.3) is 34.0 Å². The van der Waals surface area contributed by atoms with Crippen molar-refractivity contribution in [1.29, 1.82) is 0 Å². The van der Waals surface area contributed by atoms with Crippen LogP contribution in [0.2, 0.25) is 0 Å². The molecule has 4 nitrogen and oxygen atoms in total. The molecule has 2 aromatic heterocycles. The third-order valence-electron chi connectivity index (χ3n) is 5.01. The van der Waals surface area contributed by atoms with E-state index in [0.29, 0.717) is 17.1 Å². The molecule has 2 aromatic carbocycles. The van der Waals surface area contributed by atoms with Crippen LogP contribution >= 0.6 is 0 Å². The maximum Gasteiger partial charge on any atom is 0.144 e. The van der Waals surface area contributed by atoms with Crippen LogP contribution in [0.1, 0.15) is 12.8 Å². The lowest BCUT2D eigenvalue weighted by Crippen LogP contribution is -1.95. The number of imidazole rings is 2. The van der Waals surface area contributed by atoms with Crippen molar-refractivity contribution in [3.05, 3.63) is 72.7 Å². The fourth-order valence-electron chi connectivity index (χ4n) is 3.39. The second-order valence-corrected chi connectivity index (χ2v) is 7.17. The predicted octanol–water partition coefficient (Wildman–Crippen LogP) is 5.30. The lowest BCUT2D eigenvalue weighted by Gasteiger charge is -2.00. The Bertz CT molecular complexity index is 1110. The molecule has 0 atom stereocenters. The van der Waals surface area contributed by atoms with Crippen LogP contribution in [0.3, 0.4) is 0 Å². The van der Waals surface area contributed by atoms with Gasteiger partial charge < -0.3 is 9.55 Å². The third-order valence-corrected chi connectivity index (χ3v) is 5.01. The second kappa shape index (κ2) is 6.71. The molecule has 5 rings (SSSR count). The number of rotatable bonds is 5. The van der Waals surface area contributed by atoms with Crippen molar-refractivity contribution in [3.8, 4) is 34.0 Å². The first-order valence-corrected chi connectivity index (χ1v) is 9.31. The van der Waals surface area contributed by atoms with Gasteiger partial charge in [-0.25, -0.2) is 18.7 Å². The zero-order valence-electron chi connectivity index (χ0n) is 15.1. The number of aromatic amines is 1. The fraction of sp³-hybridized carbons (Fsp3) is 0.182. The quantitative estimate of drug-likeness (QED) is 0.514. The number of nitrogens with zero attached hydrogens (tertiary/aromatic N) is 3. The van der Waals surface area contributed by atoms with Gasteiger partial charge in [-0.1, -0.05) is 36.4 Å². The molecule has 0 aliphatic heterocycles. The second-order valence-electron chi connectivity index (χ2n) is 7.17. The van der Waals surface area contributed by atoms with Gasteiger partial charge in [0, 0.05) is 18.3 Å². The van der Waals surface area contributed by atoms with Crippen molar-refractivity contribution in [2.45, 2.75) is 19.4 Å². The molecule has 6 heteroatoms. The molecule has 28 heavy (non-hydrogen) atoms. The SMILES string of the molecule is Fc1cccc(F)c1-c1nc(-c2ccccc2)c(-c2cn(CC3CC3)cn2)[nH]1. The molecule has 4 aromatic rings. The predicted molar refractivity (Wildman–Crippen MR) is 103 cm³/mol. The standard InChI is InChI=1S/C22H18F2N4/c23-16-7-4-8-17(24)19(16)22-26-20(15-5-2-1-3-6-15)21(27-22)18-12-28(13-25-18)11-14-9-10-14/h1-8,12-14H,9-11H2,(H,26,27). The zero-order chi connectivity index (χ0) is 19.1. The molecule has 1 fully saturated rings. The van der Waals surface area contributed by atoms with Gasteiger partial charge >= 0.3 is 0 Å². The summed E-state index contributed by atoms with van der Waals surface area (Å²) in [4.78, 5) is 12.2. The van der Waals surface area contributed by atoms with E-state index in [2.05, 4.69) is 19.5 Å². The van der Waals surface area contributed by atoms with Crippen LogP contribution in [0.15, 0.2) is 61.1 Å². The fourth-order valence-corrected chi connectivity index (χ4v) is 3.39. The molecule has 1 N–H and O–H groups in total. The number of hydrogen-bond donors (Lipinski definition) is 1. The number of hydrogen-bond acceptors (Lipinski definition) is 2. The van der Waals surface area contributed by atoms with E-state index in [1.807, 2.05) is 36.5 Å². The van der Waals surface area contributed by atoms with Gasteiger partial charge in [0.1, 0.15) is 23.2 Å². The molecule has 2 heterocycles. The van der Waals surface area contributed by atoms with Crippen LogP contribution < -0.4 is 0 Å². The minimum Gasteiger partial charge on any atom is -0.336 e. The number of H-pyrrole nitrogens is 1. The molecule has 0 radical (unpaired) electrons. The molecule has 0 saturated heterocycles. The van der Waals surface area contributed by atoms with Crippen molar-refractivity contribution in [1.82, 2.24) is 19.5 Å². The van der Waals surface area contributed by atoms with Crippen molar-refractivity contribution in [3.63, 3.8) is 0 Å². The zero-order valence-corrected chi connectivity index (χ0v) is 15.1. The summed E-state index contributed by atoms with van der Waals surface area (Å²) in [5.41, 5.74) is 2.67. The Morgan fingerprint density at radius 3 is 2.46 bits per heavy atom. The van der Waals surface area contributed by atoms with E-state index in [4.69, 9.17) is 0 Å². The van der Waals surface area contributed by atoms with E-state index >= 15 is 0 Å². The highest BCUT2D eigenvalue weighted by atomic mass is 19.1. The highest BCUT2D eigenvalue weighted by Gasteiger charge is 2.23. The maximum atomic E-state index is 14.3.